The van der Waals surface area contributed by atoms with E-state index in [1.165, 1.54) is 11.3 Å². The number of thiophene rings is 1. The van der Waals surface area contributed by atoms with Gasteiger partial charge in [0, 0.05) is 22.5 Å². The minimum atomic E-state index is -3.53. The van der Waals surface area contributed by atoms with E-state index in [-0.39, 0.29) is 4.90 Å². The highest BCUT2D eigenvalue weighted by Crippen LogP contribution is 2.22. The highest BCUT2D eigenvalue weighted by Gasteiger charge is 2.16. The van der Waals surface area contributed by atoms with Crippen molar-refractivity contribution >= 4 is 27.0 Å². The van der Waals surface area contributed by atoms with Gasteiger partial charge in [-0.15, -0.1) is 11.3 Å². The van der Waals surface area contributed by atoms with Crippen LogP contribution in [-0.4, -0.2) is 8.42 Å². The summed E-state index contributed by atoms with van der Waals surface area (Å²) < 4.78 is 26.9. The van der Waals surface area contributed by atoms with E-state index in [0.717, 1.165) is 16.0 Å². The van der Waals surface area contributed by atoms with E-state index in [2.05, 4.69) is 4.72 Å². The van der Waals surface area contributed by atoms with Crippen LogP contribution in [-0.2, 0) is 16.6 Å². The summed E-state index contributed by atoms with van der Waals surface area (Å²) in [5.41, 5.74) is 8.24. The third-order valence-corrected chi connectivity index (χ3v) is 5.37. The summed E-state index contributed by atoms with van der Waals surface area (Å²) in [6.45, 7) is 4.29. The average Bonchev–Trinajstić information content (AvgIpc) is 2.83. The summed E-state index contributed by atoms with van der Waals surface area (Å²) in [6.07, 6.45) is 0. The Morgan fingerprint density at radius 3 is 2.53 bits per heavy atom. The lowest BCUT2D eigenvalue weighted by atomic mass is 10.1. The summed E-state index contributed by atoms with van der Waals surface area (Å²) in [5.74, 6) is 0. The molecule has 0 unspecified atom stereocenters. The highest BCUT2D eigenvalue weighted by molar-refractivity contribution is 7.92. The number of nitrogens with two attached hydrogens (primary N) is 1. The molecule has 1 aromatic heterocycles. The van der Waals surface area contributed by atoms with Crippen molar-refractivity contribution in [3.8, 4) is 0 Å². The molecule has 0 atom stereocenters. The van der Waals surface area contributed by atoms with Crippen LogP contribution < -0.4 is 10.5 Å². The van der Waals surface area contributed by atoms with E-state index in [9.17, 15) is 8.42 Å². The summed E-state index contributed by atoms with van der Waals surface area (Å²) in [6, 6.07) is 7.08. The van der Waals surface area contributed by atoms with Crippen molar-refractivity contribution in [3.63, 3.8) is 0 Å². The van der Waals surface area contributed by atoms with Gasteiger partial charge in [-0.05, 0) is 43.2 Å². The number of aryl methyl sites for hydroxylation is 2. The van der Waals surface area contributed by atoms with E-state index in [1.54, 1.807) is 17.5 Å². The lowest BCUT2D eigenvalue weighted by molar-refractivity contribution is 0.601. The SMILES string of the molecule is Cc1ccc(NS(=O)(=O)c2csc(CN)c2)cc1C. The number of anilines is 1. The van der Waals surface area contributed by atoms with Crippen molar-refractivity contribution in [1.29, 1.82) is 0 Å². The summed E-state index contributed by atoms with van der Waals surface area (Å²) in [4.78, 5) is 1.11. The molecule has 19 heavy (non-hydrogen) atoms. The maximum Gasteiger partial charge on any atom is 0.262 e. The molecule has 0 radical (unpaired) electrons. The van der Waals surface area contributed by atoms with Gasteiger partial charge in [-0.25, -0.2) is 8.42 Å². The largest absolute Gasteiger partial charge is 0.326 e. The number of nitrogens with one attached hydrogen (secondary N) is 1. The minimum Gasteiger partial charge on any atom is -0.326 e. The summed E-state index contributed by atoms with van der Waals surface area (Å²) in [5, 5.41) is 1.60. The van der Waals surface area contributed by atoms with Gasteiger partial charge in [-0.3, -0.25) is 4.72 Å². The first-order chi connectivity index (χ1) is 8.92. The Labute approximate surface area is 117 Å². The van der Waals surface area contributed by atoms with Gasteiger partial charge in [0.1, 0.15) is 0 Å². The number of hydrogen-bond acceptors (Lipinski definition) is 4. The van der Waals surface area contributed by atoms with Gasteiger partial charge in [0.25, 0.3) is 10.0 Å². The molecule has 1 heterocycles. The molecule has 0 saturated carbocycles. The fourth-order valence-electron chi connectivity index (χ4n) is 1.63. The molecule has 3 N–H and O–H groups in total. The normalized spacial score (nSPS) is 11.5. The second-order valence-corrected chi connectivity index (χ2v) is 7.04. The predicted octanol–water partition coefficient (Wildman–Crippen LogP) is 2.62. The Morgan fingerprint density at radius 2 is 1.95 bits per heavy atom. The maximum atomic E-state index is 12.2. The lowest BCUT2D eigenvalue weighted by Crippen LogP contribution is -2.12. The monoisotopic (exact) mass is 296 g/mol. The molecule has 0 aliphatic rings. The van der Waals surface area contributed by atoms with Crippen molar-refractivity contribution in [3.05, 3.63) is 45.6 Å². The van der Waals surface area contributed by atoms with Gasteiger partial charge in [0.05, 0.1) is 4.90 Å². The van der Waals surface area contributed by atoms with Crippen LogP contribution in [0.2, 0.25) is 0 Å². The van der Waals surface area contributed by atoms with Crippen LogP contribution in [0.25, 0.3) is 0 Å². The molecule has 0 fully saturated rings. The maximum absolute atomic E-state index is 12.2. The van der Waals surface area contributed by atoms with Gasteiger partial charge in [0.2, 0.25) is 0 Å². The number of benzene rings is 1. The summed E-state index contributed by atoms with van der Waals surface area (Å²) >= 11 is 1.35. The molecule has 102 valence electrons. The van der Waals surface area contributed by atoms with Gasteiger partial charge in [-0.2, -0.15) is 0 Å². The van der Waals surface area contributed by atoms with Crippen molar-refractivity contribution in [2.45, 2.75) is 25.3 Å². The fraction of sp³-hybridized carbons (Fsp3) is 0.231. The number of hydrogen-bond donors (Lipinski definition) is 2. The van der Waals surface area contributed by atoms with E-state index < -0.39 is 10.0 Å². The van der Waals surface area contributed by atoms with Crippen LogP contribution in [0.15, 0.2) is 34.5 Å². The molecule has 1 aromatic carbocycles. The molecule has 2 rings (SSSR count). The lowest BCUT2D eigenvalue weighted by Gasteiger charge is -2.08. The summed E-state index contributed by atoms with van der Waals surface area (Å²) in [7, 11) is -3.53. The zero-order valence-electron chi connectivity index (χ0n) is 10.8. The fourth-order valence-corrected chi connectivity index (χ4v) is 3.83. The smallest absolute Gasteiger partial charge is 0.262 e. The molecular formula is C13H16N2O2S2. The third kappa shape index (κ3) is 3.15. The molecule has 0 bridgehead atoms. The molecule has 0 aliphatic carbocycles. The Balaban J connectivity index is 2.28. The van der Waals surface area contributed by atoms with E-state index in [1.807, 2.05) is 26.0 Å². The predicted molar refractivity (Wildman–Crippen MR) is 78.9 cm³/mol. The first kappa shape index (κ1) is 14.0. The number of rotatable bonds is 4. The van der Waals surface area contributed by atoms with Crippen molar-refractivity contribution < 1.29 is 8.42 Å². The Morgan fingerprint density at radius 1 is 1.21 bits per heavy atom. The van der Waals surface area contributed by atoms with E-state index >= 15 is 0 Å². The van der Waals surface area contributed by atoms with Crippen LogP contribution in [0, 0.1) is 13.8 Å². The zero-order chi connectivity index (χ0) is 14.0. The first-order valence-corrected chi connectivity index (χ1v) is 8.16. The average molecular weight is 296 g/mol. The molecule has 0 saturated heterocycles. The molecule has 4 nitrogen and oxygen atoms in total. The zero-order valence-corrected chi connectivity index (χ0v) is 12.4. The molecule has 2 aromatic rings. The topological polar surface area (TPSA) is 72.2 Å². The van der Waals surface area contributed by atoms with Gasteiger partial charge in [0.15, 0.2) is 0 Å². The molecular weight excluding hydrogens is 280 g/mol. The highest BCUT2D eigenvalue weighted by atomic mass is 32.2. The first-order valence-electron chi connectivity index (χ1n) is 5.80. The molecule has 0 aliphatic heterocycles. The van der Waals surface area contributed by atoms with Gasteiger partial charge >= 0.3 is 0 Å². The quantitative estimate of drug-likeness (QED) is 0.911. The third-order valence-electron chi connectivity index (χ3n) is 2.90. The molecule has 6 heteroatoms. The van der Waals surface area contributed by atoms with Gasteiger partial charge < -0.3 is 5.73 Å². The number of sulfonamides is 1. The Hall–Kier alpha value is -1.37. The van der Waals surface area contributed by atoms with E-state index in [4.69, 9.17) is 5.73 Å². The van der Waals surface area contributed by atoms with Crippen molar-refractivity contribution in [2.24, 2.45) is 5.73 Å². The Bertz CT molecular complexity index is 690. The van der Waals surface area contributed by atoms with E-state index in [0.29, 0.717) is 12.2 Å². The van der Waals surface area contributed by atoms with Gasteiger partial charge in [-0.1, -0.05) is 6.07 Å². The second kappa shape index (κ2) is 5.32. The van der Waals surface area contributed by atoms with Crippen LogP contribution >= 0.6 is 11.3 Å². The van der Waals surface area contributed by atoms with Crippen molar-refractivity contribution in [1.82, 2.24) is 0 Å². The minimum absolute atomic E-state index is 0.260. The molecule has 0 spiro atoms. The Kier molecular flexibility index (Phi) is 3.93. The van der Waals surface area contributed by atoms with Crippen LogP contribution in [0.5, 0.6) is 0 Å². The van der Waals surface area contributed by atoms with Crippen LogP contribution in [0.3, 0.4) is 0 Å². The standard InChI is InChI=1S/C13H16N2O2S2/c1-9-3-4-11(5-10(9)2)15-19(16,17)13-6-12(7-14)18-8-13/h3-6,8,15H,7,14H2,1-2H3. The van der Waals surface area contributed by atoms with Crippen LogP contribution in [0.1, 0.15) is 16.0 Å². The molecule has 0 amide bonds. The van der Waals surface area contributed by atoms with Crippen LogP contribution in [0.4, 0.5) is 5.69 Å². The second-order valence-electron chi connectivity index (χ2n) is 4.36. The van der Waals surface area contributed by atoms with Crippen molar-refractivity contribution in [2.75, 3.05) is 4.72 Å².